The molecule has 0 radical (unpaired) electrons. The van der Waals surface area contributed by atoms with Gasteiger partial charge in [0.05, 0.1) is 0 Å². The standard InChI is InChI=1S/C14H22N2/c1-3-11-5-7-12(8-6-11)14-13(15)9-10-16(14)4-2/h5-8,13-14H,3-4,9-10,15H2,1-2H3. The highest BCUT2D eigenvalue weighted by atomic mass is 15.2. The number of rotatable bonds is 3. The Labute approximate surface area is 98.4 Å². The maximum Gasteiger partial charge on any atom is 0.0499 e. The Morgan fingerprint density at radius 3 is 2.50 bits per heavy atom. The van der Waals surface area contributed by atoms with Crippen LogP contribution < -0.4 is 5.73 Å². The second-order valence-electron chi connectivity index (χ2n) is 4.62. The minimum atomic E-state index is 0.299. The lowest BCUT2D eigenvalue weighted by molar-refractivity contribution is 0.261. The first-order chi connectivity index (χ1) is 7.76. The summed E-state index contributed by atoms with van der Waals surface area (Å²) in [5.74, 6) is 0. The second-order valence-corrected chi connectivity index (χ2v) is 4.62. The molecule has 16 heavy (non-hydrogen) atoms. The Bertz CT molecular complexity index is 331. The second kappa shape index (κ2) is 4.98. The highest BCUT2D eigenvalue weighted by molar-refractivity contribution is 5.27. The first kappa shape index (κ1) is 11.6. The van der Waals surface area contributed by atoms with Crippen LogP contribution in [-0.4, -0.2) is 24.0 Å². The molecule has 1 fully saturated rings. The zero-order valence-electron chi connectivity index (χ0n) is 10.3. The van der Waals surface area contributed by atoms with Crippen LogP contribution >= 0.6 is 0 Å². The Morgan fingerprint density at radius 1 is 1.25 bits per heavy atom. The summed E-state index contributed by atoms with van der Waals surface area (Å²) in [5.41, 5.74) is 8.99. The number of nitrogens with two attached hydrogens (primary N) is 1. The van der Waals surface area contributed by atoms with Crippen molar-refractivity contribution in [2.75, 3.05) is 13.1 Å². The summed E-state index contributed by atoms with van der Waals surface area (Å²) in [5, 5.41) is 0. The Morgan fingerprint density at radius 2 is 1.94 bits per heavy atom. The number of likely N-dealkylation sites (tertiary alicyclic amines) is 1. The van der Waals surface area contributed by atoms with Gasteiger partial charge >= 0.3 is 0 Å². The molecule has 2 heteroatoms. The van der Waals surface area contributed by atoms with Crippen LogP contribution in [0.2, 0.25) is 0 Å². The van der Waals surface area contributed by atoms with Gasteiger partial charge in [-0.2, -0.15) is 0 Å². The highest BCUT2D eigenvalue weighted by Gasteiger charge is 2.31. The summed E-state index contributed by atoms with van der Waals surface area (Å²) in [6.07, 6.45) is 2.22. The first-order valence-corrected chi connectivity index (χ1v) is 6.34. The van der Waals surface area contributed by atoms with Gasteiger partial charge in [-0.05, 0) is 30.5 Å². The van der Waals surface area contributed by atoms with Gasteiger partial charge < -0.3 is 5.73 Å². The molecule has 88 valence electrons. The van der Waals surface area contributed by atoms with Crippen LogP contribution in [-0.2, 0) is 6.42 Å². The first-order valence-electron chi connectivity index (χ1n) is 6.34. The van der Waals surface area contributed by atoms with Crippen LogP contribution in [0.5, 0.6) is 0 Å². The number of hydrogen-bond acceptors (Lipinski definition) is 2. The molecule has 0 saturated carbocycles. The highest BCUT2D eigenvalue weighted by Crippen LogP contribution is 2.30. The van der Waals surface area contributed by atoms with Gasteiger partial charge in [0.2, 0.25) is 0 Å². The number of nitrogens with zero attached hydrogens (tertiary/aromatic N) is 1. The van der Waals surface area contributed by atoms with Crippen LogP contribution in [0, 0.1) is 0 Å². The molecule has 1 aromatic carbocycles. The maximum absolute atomic E-state index is 6.21. The molecule has 0 spiro atoms. The summed E-state index contributed by atoms with van der Waals surface area (Å²) < 4.78 is 0. The third-order valence-corrected chi connectivity index (χ3v) is 3.68. The molecule has 2 rings (SSSR count). The summed E-state index contributed by atoms with van der Waals surface area (Å²) in [7, 11) is 0. The average molecular weight is 218 g/mol. The van der Waals surface area contributed by atoms with Gasteiger partial charge in [0.25, 0.3) is 0 Å². The van der Waals surface area contributed by atoms with Crippen LogP contribution in [0.25, 0.3) is 0 Å². The van der Waals surface area contributed by atoms with E-state index in [1.165, 1.54) is 11.1 Å². The molecule has 2 N–H and O–H groups in total. The Hall–Kier alpha value is -0.860. The Kier molecular flexibility index (Phi) is 3.62. The minimum Gasteiger partial charge on any atom is -0.326 e. The molecule has 0 bridgehead atoms. The molecule has 2 nitrogen and oxygen atoms in total. The molecule has 1 aliphatic heterocycles. The van der Waals surface area contributed by atoms with Crippen molar-refractivity contribution in [3.8, 4) is 0 Å². The van der Waals surface area contributed by atoms with E-state index in [4.69, 9.17) is 5.73 Å². The zero-order valence-corrected chi connectivity index (χ0v) is 10.3. The van der Waals surface area contributed by atoms with Gasteiger partial charge in [-0.25, -0.2) is 0 Å². The van der Waals surface area contributed by atoms with E-state index < -0.39 is 0 Å². The molecular formula is C14H22N2. The normalized spacial score (nSPS) is 26.2. The van der Waals surface area contributed by atoms with Crippen molar-refractivity contribution in [3.05, 3.63) is 35.4 Å². The van der Waals surface area contributed by atoms with E-state index >= 15 is 0 Å². The van der Waals surface area contributed by atoms with Crippen molar-refractivity contribution in [1.29, 1.82) is 0 Å². The fourth-order valence-electron chi connectivity index (χ4n) is 2.65. The number of aryl methyl sites for hydroxylation is 1. The summed E-state index contributed by atoms with van der Waals surface area (Å²) in [6, 6.07) is 9.68. The molecule has 1 aliphatic rings. The molecule has 2 unspecified atom stereocenters. The lowest BCUT2D eigenvalue weighted by atomic mass is 9.99. The largest absolute Gasteiger partial charge is 0.326 e. The van der Waals surface area contributed by atoms with E-state index in [9.17, 15) is 0 Å². The van der Waals surface area contributed by atoms with Crippen LogP contribution in [0.1, 0.15) is 37.4 Å². The lowest BCUT2D eigenvalue weighted by Gasteiger charge is -2.26. The monoisotopic (exact) mass is 218 g/mol. The predicted molar refractivity (Wildman–Crippen MR) is 68.4 cm³/mol. The van der Waals surface area contributed by atoms with E-state index in [1.54, 1.807) is 0 Å². The fraction of sp³-hybridized carbons (Fsp3) is 0.571. The summed E-state index contributed by atoms with van der Waals surface area (Å²) in [4.78, 5) is 2.48. The molecule has 0 aromatic heterocycles. The minimum absolute atomic E-state index is 0.299. The molecule has 2 atom stereocenters. The van der Waals surface area contributed by atoms with Crippen molar-refractivity contribution in [2.45, 2.75) is 38.8 Å². The van der Waals surface area contributed by atoms with Gasteiger partial charge in [0.1, 0.15) is 0 Å². The molecule has 0 amide bonds. The van der Waals surface area contributed by atoms with Crippen molar-refractivity contribution in [3.63, 3.8) is 0 Å². The molecule has 1 aromatic rings. The van der Waals surface area contributed by atoms with E-state index in [1.807, 2.05) is 0 Å². The lowest BCUT2D eigenvalue weighted by Crippen LogP contribution is -2.31. The average Bonchev–Trinajstić information content (AvgIpc) is 2.70. The quantitative estimate of drug-likeness (QED) is 0.844. The van der Waals surface area contributed by atoms with Crippen molar-refractivity contribution in [2.24, 2.45) is 5.73 Å². The summed E-state index contributed by atoms with van der Waals surface area (Å²) in [6.45, 7) is 6.63. The molecule has 1 saturated heterocycles. The Balaban J connectivity index is 2.21. The van der Waals surface area contributed by atoms with Crippen molar-refractivity contribution >= 4 is 0 Å². The van der Waals surface area contributed by atoms with Crippen molar-refractivity contribution < 1.29 is 0 Å². The van der Waals surface area contributed by atoms with Crippen LogP contribution in [0.4, 0.5) is 0 Å². The van der Waals surface area contributed by atoms with Gasteiger partial charge in [-0.3, -0.25) is 4.90 Å². The van der Waals surface area contributed by atoms with E-state index in [0.29, 0.717) is 12.1 Å². The fourth-order valence-corrected chi connectivity index (χ4v) is 2.65. The van der Waals surface area contributed by atoms with Gasteiger partial charge in [-0.1, -0.05) is 38.1 Å². The smallest absolute Gasteiger partial charge is 0.0499 e. The van der Waals surface area contributed by atoms with Crippen LogP contribution in [0.3, 0.4) is 0 Å². The zero-order chi connectivity index (χ0) is 11.5. The van der Waals surface area contributed by atoms with Crippen molar-refractivity contribution in [1.82, 2.24) is 4.90 Å². The van der Waals surface area contributed by atoms with E-state index in [2.05, 4.69) is 43.0 Å². The topological polar surface area (TPSA) is 29.3 Å². The van der Waals surface area contributed by atoms with E-state index in [-0.39, 0.29) is 0 Å². The van der Waals surface area contributed by atoms with Gasteiger partial charge in [0.15, 0.2) is 0 Å². The number of hydrogen-bond donors (Lipinski definition) is 1. The molecule has 0 aliphatic carbocycles. The SMILES string of the molecule is CCc1ccc(C2C(N)CCN2CC)cc1. The number of likely N-dealkylation sites (N-methyl/N-ethyl adjacent to an activating group) is 1. The molecular weight excluding hydrogens is 196 g/mol. The third kappa shape index (κ3) is 2.13. The third-order valence-electron chi connectivity index (χ3n) is 3.68. The number of benzene rings is 1. The van der Waals surface area contributed by atoms with E-state index in [0.717, 1.165) is 25.9 Å². The summed E-state index contributed by atoms with van der Waals surface area (Å²) >= 11 is 0. The molecule has 1 heterocycles. The predicted octanol–water partition coefficient (Wildman–Crippen LogP) is 2.34. The van der Waals surface area contributed by atoms with Gasteiger partial charge in [0, 0.05) is 18.6 Å². The van der Waals surface area contributed by atoms with Gasteiger partial charge in [-0.15, -0.1) is 0 Å². The van der Waals surface area contributed by atoms with Crippen LogP contribution in [0.15, 0.2) is 24.3 Å². The maximum atomic E-state index is 6.21.